The molecule has 0 aliphatic rings. The fourth-order valence-electron chi connectivity index (χ4n) is 2.20. The zero-order valence-electron chi connectivity index (χ0n) is 12.8. The van der Waals surface area contributed by atoms with Gasteiger partial charge in [0.15, 0.2) is 0 Å². The molecule has 0 unspecified atom stereocenters. The number of rotatable bonds is 6. The van der Waals surface area contributed by atoms with Gasteiger partial charge in [0, 0.05) is 25.2 Å². The SMILES string of the molecule is CCc1ccc(/C=C/c2ccn(CCCC#N)c(=O)c2)cc1. The van der Waals surface area contributed by atoms with Gasteiger partial charge in [0.05, 0.1) is 6.07 Å². The molecule has 1 heterocycles. The van der Waals surface area contributed by atoms with Crippen molar-refractivity contribution in [1.29, 1.82) is 5.26 Å². The molecule has 1 aromatic heterocycles. The molecule has 22 heavy (non-hydrogen) atoms. The van der Waals surface area contributed by atoms with Crippen LogP contribution in [0.1, 0.15) is 36.5 Å². The van der Waals surface area contributed by atoms with E-state index in [1.54, 1.807) is 16.8 Å². The van der Waals surface area contributed by atoms with Crippen molar-refractivity contribution < 1.29 is 0 Å². The molecule has 1 aromatic carbocycles. The van der Waals surface area contributed by atoms with E-state index in [1.165, 1.54) is 5.56 Å². The summed E-state index contributed by atoms with van der Waals surface area (Å²) in [5.41, 5.74) is 3.30. The Morgan fingerprint density at radius 2 is 1.86 bits per heavy atom. The van der Waals surface area contributed by atoms with E-state index in [-0.39, 0.29) is 5.56 Å². The first-order valence-corrected chi connectivity index (χ1v) is 7.57. The van der Waals surface area contributed by atoms with E-state index in [0.717, 1.165) is 17.5 Å². The van der Waals surface area contributed by atoms with E-state index in [1.807, 2.05) is 18.2 Å². The van der Waals surface area contributed by atoms with Gasteiger partial charge in [-0.05, 0) is 35.6 Å². The molecule has 0 spiro atoms. The van der Waals surface area contributed by atoms with E-state index >= 15 is 0 Å². The van der Waals surface area contributed by atoms with Crippen LogP contribution in [-0.4, -0.2) is 4.57 Å². The van der Waals surface area contributed by atoms with Crippen molar-refractivity contribution in [2.45, 2.75) is 32.7 Å². The summed E-state index contributed by atoms with van der Waals surface area (Å²) in [6, 6.07) is 14.0. The monoisotopic (exact) mass is 292 g/mol. The van der Waals surface area contributed by atoms with Crippen molar-refractivity contribution in [3.8, 4) is 6.07 Å². The van der Waals surface area contributed by atoms with Crippen LogP contribution in [0.5, 0.6) is 0 Å². The smallest absolute Gasteiger partial charge is 0.251 e. The van der Waals surface area contributed by atoms with Crippen LogP contribution in [0.25, 0.3) is 12.2 Å². The molecule has 0 saturated carbocycles. The lowest BCUT2D eigenvalue weighted by atomic mass is 10.1. The third-order valence-electron chi connectivity index (χ3n) is 3.56. The highest BCUT2D eigenvalue weighted by atomic mass is 16.1. The van der Waals surface area contributed by atoms with E-state index < -0.39 is 0 Å². The molecule has 0 aliphatic heterocycles. The maximum Gasteiger partial charge on any atom is 0.251 e. The lowest BCUT2D eigenvalue weighted by Gasteiger charge is -2.04. The fourth-order valence-corrected chi connectivity index (χ4v) is 2.20. The zero-order chi connectivity index (χ0) is 15.8. The lowest BCUT2D eigenvalue weighted by Crippen LogP contribution is -2.18. The van der Waals surface area contributed by atoms with E-state index in [4.69, 9.17) is 5.26 Å². The summed E-state index contributed by atoms with van der Waals surface area (Å²) in [4.78, 5) is 12.0. The highest BCUT2D eigenvalue weighted by molar-refractivity contribution is 5.69. The molecular formula is C19H20N2O. The summed E-state index contributed by atoms with van der Waals surface area (Å²) < 4.78 is 1.64. The minimum absolute atomic E-state index is 0.0265. The predicted octanol–water partition coefficient (Wildman–Crippen LogP) is 3.88. The zero-order valence-corrected chi connectivity index (χ0v) is 12.8. The summed E-state index contributed by atoms with van der Waals surface area (Å²) >= 11 is 0. The van der Waals surface area contributed by atoms with Gasteiger partial charge in [-0.2, -0.15) is 5.26 Å². The van der Waals surface area contributed by atoms with Crippen molar-refractivity contribution >= 4 is 12.2 Å². The standard InChI is InChI=1S/C19H20N2O/c1-2-16-5-7-17(8-6-16)9-10-18-11-14-21(19(22)15-18)13-4-3-12-20/h5-11,14-15H,2-4,13H2,1H3/b10-9+. The quantitative estimate of drug-likeness (QED) is 0.758. The number of nitriles is 1. The Kier molecular flexibility index (Phi) is 5.73. The molecule has 0 N–H and O–H groups in total. The summed E-state index contributed by atoms with van der Waals surface area (Å²) in [6.07, 6.45) is 7.96. The normalized spacial score (nSPS) is 10.7. The minimum Gasteiger partial charge on any atom is -0.315 e. The molecule has 0 bridgehead atoms. The topological polar surface area (TPSA) is 45.8 Å². The van der Waals surface area contributed by atoms with Crippen LogP contribution in [0.15, 0.2) is 47.4 Å². The second-order valence-electron chi connectivity index (χ2n) is 5.18. The van der Waals surface area contributed by atoms with Gasteiger partial charge < -0.3 is 4.57 Å². The molecule has 2 rings (SSSR count). The molecule has 0 aliphatic carbocycles. The molecule has 0 amide bonds. The number of nitrogens with zero attached hydrogens (tertiary/aromatic N) is 2. The Balaban J connectivity index is 2.06. The average molecular weight is 292 g/mol. The Hall–Kier alpha value is -2.60. The highest BCUT2D eigenvalue weighted by Crippen LogP contribution is 2.09. The molecule has 2 aromatic rings. The molecule has 3 nitrogen and oxygen atoms in total. The number of pyridine rings is 1. The van der Waals surface area contributed by atoms with Crippen LogP contribution >= 0.6 is 0 Å². The number of benzene rings is 1. The van der Waals surface area contributed by atoms with Crippen LogP contribution in [0.4, 0.5) is 0 Å². The first kappa shape index (κ1) is 15.8. The Morgan fingerprint density at radius 1 is 1.14 bits per heavy atom. The van der Waals surface area contributed by atoms with Crippen LogP contribution < -0.4 is 5.56 Å². The largest absolute Gasteiger partial charge is 0.315 e. The summed E-state index contributed by atoms with van der Waals surface area (Å²) in [6.45, 7) is 2.73. The fraction of sp³-hybridized carbons (Fsp3) is 0.263. The predicted molar refractivity (Wildman–Crippen MR) is 90.3 cm³/mol. The van der Waals surface area contributed by atoms with Crippen molar-refractivity contribution in [1.82, 2.24) is 4.57 Å². The number of hydrogen-bond donors (Lipinski definition) is 0. The van der Waals surface area contributed by atoms with Crippen molar-refractivity contribution in [2.24, 2.45) is 0 Å². The third-order valence-corrected chi connectivity index (χ3v) is 3.56. The molecule has 0 saturated heterocycles. The highest BCUT2D eigenvalue weighted by Gasteiger charge is 1.97. The average Bonchev–Trinajstić information content (AvgIpc) is 2.55. The molecule has 0 radical (unpaired) electrons. The lowest BCUT2D eigenvalue weighted by molar-refractivity contribution is 0.631. The van der Waals surface area contributed by atoms with Gasteiger partial charge in [0.2, 0.25) is 0 Å². The van der Waals surface area contributed by atoms with Crippen LogP contribution in [-0.2, 0) is 13.0 Å². The summed E-state index contributed by atoms with van der Waals surface area (Å²) in [7, 11) is 0. The molecule has 0 atom stereocenters. The number of aromatic nitrogens is 1. The van der Waals surface area contributed by atoms with E-state index in [2.05, 4.69) is 37.3 Å². The van der Waals surface area contributed by atoms with Gasteiger partial charge in [-0.3, -0.25) is 4.79 Å². The van der Waals surface area contributed by atoms with Gasteiger partial charge >= 0.3 is 0 Å². The number of unbranched alkanes of at least 4 members (excludes halogenated alkanes) is 1. The Bertz CT molecular complexity index is 733. The Morgan fingerprint density at radius 3 is 2.50 bits per heavy atom. The number of aryl methyl sites for hydroxylation is 2. The van der Waals surface area contributed by atoms with Gasteiger partial charge in [-0.15, -0.1) is 0 Å². The molecule has 112 valence electrons. The summed E-state index contributed by atoms with van der Waals surface area (Å²) in [5, 5.41) is 8.52. The molecular weight excluding hydrogens is 272 g/mol. The second kappa shape index (κ2) is 7.99. The van der Waals surface area contributed by atoms with Gasteiger partial charge in [-0.25, -0.2) is 0 Å². The summed E-state index contributed by atoms with van der Waals surface area (Å²) in [5.74, 6) is 0. The van der Waals surface area contributed by atoms with Crippen molar-refractivity contribution in [3.05, 3.63) is 69.6 Å². The van der Waals surface area contributed by atoms with E-state index in [9.17, 15) is 4.79 Å². The maximum atomic E-state index is 12.0. The van der Waals surface area contributed by atoms with Crippen LogP contribution in [0.2, 0.25) is 0 Å². The van der Waals surface area contributed by atoms with Gasteiger partial charge in [0.25, 0.3) is 5.56 Å². The van der Waals surface area contributed by atoms with Crippen molar-refractivity contribution in [2.75, 3.05) is 0 Å². The third kappa shape index (κ3) is 4.46. The first-order chi connectivity index (χ1) is 10.7. The number of hydrogen-bond acceptors (Lipinski definition) is 2. The second-order valence-corrected chi connectivity index (χ2v) is 5.18. The Labute approximate surface area is 131 Å². The van der Waals surface area contributed by atoms with Crippen LogP contribution in [0.3, 0.4) is 0 Å². The van der Waals surface area contributed by atoms with Gasteiger partial charge in [-0.1, -0.05) is 43.3 Å². The first-order valence-electron chi connectivity index (χ1n) is 7.57. The maximum absolute atomic E-state index is 12.0. The van der Waals surface area contributed by atoms with Crippen molar-refractivity contribution in [3.63, 3.8) is 0 Å². The van der Waals surface area contributed by atoms with Gasteiger partial charge in [0.1, 0.15) is 0 Å². The van der Waals surface area contributed by atoms with Crippen LogP contribution in [0, 0.1) is 11.3 Å². The van der Waals surface area contributed by atoms with E-state index in [0.29, 0.717) is 19.4 Å². The molecule has 3 heteroatoms. The minimum atomic E-state index is -0.0265. The molecule has 0 fully saturated rings.